The third-order valence-corrected chi connectivity index (χ3v) is 8.36. The average Bonchev–Trinajstić information content (AvgIpc) is 3.38. The second kappa shape index (κ2) is 11.0. The zero-order valence-electron chi connectivity index (χ0n) is 19.5. The minimum Gasteiger partial charge on any atom is -1.00 e. The summed E-state index contributed by atoms with van der Waals surface area (Å²) in [6.07, 6.45) is 2.66. The highest BCUT2D eigenvalue weighted by atomic mass is 35.5. The van der Waals surface area contributed by atoms with Gasteiger partial charge < -0.3 is 31.9 Å². The number of hydrogen-bond donors (Lipinski definition) is 2. The van der Waals surface area contributed by atoms with Crippen LogP contribution in [-0.2, 0) is 11.4 Å². The van der Waals surface area contributed by atoms with Crippen LogP contribution in [0.1, 0.15) is 40.3 Å². The Balaban J connectivity index is 0.00000274. The van der Waals surface area contributed by atoms with Gasteiger partial charge in [-0.1, -0.05) is 48.5 Å². The Morgan fingerprint density at radius 1 is 0.971 bits per heavy atom. The van der Waals surface area contributed by atoms with Gasteiger partial charge in [0.1, 0.15) is 30.3 Å². The van der Waals surface area contributed by atoms with E-state index in [2.05, 4.69) is 12.1 Å². The lowest BCUT2D eigenvalue weighted by Gasteiger charge is -2.42. The fourth-order valence-electron chi connectivity index (χ4n) is 5.14. The summed E-state index contributed by atoms with van der Waals surface area (Å²) in [7, 11) is 1.68. The van der Waals surface area contributed by atoms with E-state index in [1.54, 1.807) is 23.8 Å². The Kier molecular flexibility index (Phi) is 8.10. The minimum atomic E-state index is -1.15. The molecule has 2 atom stereocenters. The Morgan fingerprint density at radius 3 is 2.38 bits per heavy atom. The maximum Gasteiger partial charge on any atom is 0.137 e. The van der Waals surface area contributed by atoms with Crippen molar-refractivity contribution in [1.29, 1.82) is 0 Å². The molecule has 0 radical (unpaired) electrons. The molecule has 0 aromatic heterocycles. The third-order valence-electron chi connectivity index (χ3n) is 6.94. The first-order chi connectivity index (χ1) is 16.2. The van der Waals surface area contributed by atoms with E-state index in [0.29, 0.717) is 0 Å². The summed E-state index contributed by atoms with van der Waals surface area (Å²) < 4.78 is 11.5. The van der Waals surface area contributed by atoms with E-state index in [-0.39, 0.29) is 17.7 Å². The molecule has 1 saturated heterocycles. The zero-order valence-corrected chi connectivity index (χ0v) is 21.1. The van der Waals surface area contributed by atoms with Crippen molar-refractivity contribution in [2.24, 2.45) is 0 Å². The lowest BCUT2D eigenvalue weighted by Crippen LogP contribution is -3.10. The predicted octanol–water partition coefficient (Wildman–Crippen LogP) is 0.981. The summed E-state index contributed by atoms with van der Waals surface area (Å²) in [5.74, 6) is 2.50. The molecule has 2 aliphatic rings. The fourth-order valence-corrected chi connectivity index (χ4v) is 6.58. The van der Waals surface area contributed by atoms with Crippen molar-refractivity contribution in [1.82, 2.24) is 0 Å². The summed E-state index contributed by atoms with van der Waals surface area (Å²) in [6, 6.07) is 24.4. The first kappa shape index (κ1) is 24.9. The molecular weight excluding hydrogens is 466 g/mol. The molecule has 2 aliphatic heterocycles. The largest absolute Gasteiger partial charge is 1.00 e. The van der Waals surface area contributed by atoms with Crippen LogP contribution in [0.15, 0.2) is 72.8 Å². The van der Waals surface area contributed by atoms with E-state index in [0.717, 1.165) is 52.7 Å². The highest BCUT2D eigenvalue weighted by Gasteiger charge is 2.45. The van der Waals surface area contributed by atoms with E-state index in [1.165, 1.54) is 25.9 Å². The van der Waals surface area contributed by atoms with Crippen LogP contribution >= 0.6 is 11.8 Å². The summed E-state index contributed by atoms with van der Waals surface area (Å²) in [6.45, 7) is 4.30. The molecule has 2 heterocycles. The summed E-state index contributed by atoms with van der Waals surface area (Å²) in [4.78, 5) is 1.64. The van der Waals surface area contributed by atoms with Gasteiger partial charge in [0.2, 0.25) is 0 Å². The topological polar surface area (TPSA) is 43.1 Å². The molecule has 0 aliphatic carbocycles. The number of aliphatic hydroxyl groups is 1. The maximum absolute atomic E-state index is 12.4. The van der Waals surface area contributed by atoms with E-state index >= 15 is 0 Å². The molecule has 2 unspecified atom stereocenters. The molecule has 6 heteroatoms. The average molecular weight is 498 g/mol. The Hall–Kier alpha value is -2.18. The van der Waals surface area contributed by atoms with Gasteiger partial charge in [0, 0.05) is 18.6 Å². The van der Waals surface area contributed by atoms with Gasteiger partial charge >= 0.3 is 0 Å². The van der Waals surface area contributed by atoms with Gasteiger partial charge in [-0.25, -0.2) is 0 Å². The monoisotopic (exact) mass is 497 g/mol. The van der Waals surface area contributed by atoms with E-state index in [1.807, 2.05) is 60.7 Å². The number of rotatable bonds is 7. The predicted molar refractivity (Wildman–Crippen MR) is 133 cm³/mol. The van der Waals surface area contributed by atoms with Crippen LogP contribution in [0.3, 0.4) is 0 Å². The molecule has 3 aromatic rings. The van der Waals surface area contributed by atoms with Gasteiger partial charge in [-0.2, -0.15) is 0 Å². The summed E-state index contributed by atoms with van der Waals surface area (Å²) in [5.41, 5.74) is 2.92. The number of nitrogens with one attached hydrogen (secondary N) is 1. The maximum atomic E-state index is 12.4. The molecule has 1 fully saturated rings. The van der Waals surface area contributed by atoms with Crippen molar-refractivity contribution in [3.05, 3.63) is 95.1 Å². The lowest BCUT2D eigenvalue weighted by atomic mass is 9.78. The molecular formula is C28H32ClNO3S. The molecule has 34 heavy (non-hydrogen) atoms. The number of ether oxygens (including phenoxy) is 2. The molecule has 3 aromatic carbocycles. The smallest absolute Gasteiger partial charge is 0.137 e. The van der Waals surface area contributed by atoms with Crippen LogP contribution in [0.4, 0.5) is 0 Å². The van der Waals surface area contributed by atoms with Crippen LogP contribution in [0.25, 0.3) is 0 Å². The first-order valence-corrected chi connectivity index (χ1v) is 12.9. The highest BCUT2D eigenvalue weighted by Crippen LogP contribution is 2.54. The lowest BCUT2D eigenvalue weighted by molar-refractivity contribution is -0.887. The quantitative estimate of drug-likeness (QED) is 0.511. The molecule has 180 valence electrons. The SMILES string of the molecule is COc1ccc2c(c1)CSC(c1ccccc1)C2(O)c1ccc(OCC[NH+]2CCCC2)cc1.[Cl-]. The number of methoxy groups -OCH3 is 1. The van der Waals surface area contributed by atoms with Crippen molar-refractivity contribution in [3.63, 3.8) is 0 Å². The van der Waals surface area contributed by atoms with E-state index < -0.39 is 5.60 Å². The molecule has 0 bridgehead atoms. The van der Waals surface area contributed by atoms with Crippen molar-refractivity contribution < 1.29 is 31.9 Å². The number of likely N-dealkylation sites (tertiary alicyclic amines) is 1. The van der Waals surface area contributed by atoms with Gasteiger partial charge in [-0.15, -0.1) is 11.8 Å². The van der Waals surface area contributed by atoms with Crippen LogP contribution in [-0.4, -0.2) is 38.5 Å². The number of quaternary nitrogens is 1. The summed E-state index contributed by atoms with van der Waals surface area (Å²) in [5, 5.41) is 12.3. The minimum absolute atomic E-state index is 0. The first-order valence-electron chi connectivity index (χ1n) is 11.8. The summed E-state index contributed by atoms with van der Waals surface area (Å²) >= 11 is 1.77. The number of benzene rings is 3. The zero-order chi connectivity index (χ0) is 22.7. The molecule has 5 rings (SSSR count). The molecule has 4 nitrogen and oxygen atoms in total. The van der Waals surface area contributed by atoms with Gasteiger partial charge in [-0.3, -0.25) is 0 Å². The van der Waals surface area contributed by atoms with Gasteiger partial charge in [-0.05, 0) is 46.5 Å². The van der Waals surface area contributed by atoms with E-state index in [9.17, 15) is 5.11 Å². The van der Waals surface area contributed by atoms with Crippen molar-refractivity contribution in [2.45, 2.75) is 29.4 Å². The Morgan fingerprint density at radius 2 is 1.68 bits per heavy atom. The number of hydrogen-bond acceptors (Lipinski definition) is 4. The molecule has 0 spiro atoms. The van der Waals surface area contributed by atoms with Crippen LogP contribution in [0.5, 0.6) is 11.5 Å². The third kappa shape index (κ3) is 4.94. The molecule has 2 N–H and O–H groups in total. The Bertz CT molecular complexity index is 1070. The van der Waals surface area contributed by atoms with Crippen molar-refractivity contribution in [3.8, 4) is 11.5 Å². The normalized spacial score (nSPS) is 22.0. The van der Waals surface area contributed by atoms with Gasteiger partial charge in [0.05, 0.1) is 25.4 Å². The number of halogens is 1. The molecule has 0 amide bonds. The highest BCUT2D eigenvalue weighted by molar-refractivity contribution is 7.98. The van der Waals surface area contributed by atoms with Crippen LogP contribution < -0.4 is 26.8 Å². The van der Waals surface area contributed by atoms with E-state index in [4.69, 9.17) is 9.47 Å². The second-order valence-corrected chi connectivity index (χ2v) is 10.1. The van der Waals surface area contributed by atoms with Gasteiger partial charge in [0.15, 0.2) is 0 Å². The number of fused-ring (bicyclic) bond motifs is 1. The van der Waals surface area contributed by atoms with Crippen molar-refractivity contribution >= 4 is 11.8 Å². The fraction of sp³-hybridized carbons (Fsp3) is 0.357. The standard InChI is InChI=1S/C28H31NO3S.ClH/c1-31-25-13-14-26-22(19-25)20-33-27(21-7-3-2-4-8-21)28(26,30)23-9-11-24(12-10-23)32-18-17-29-15-5-6-16-29;/h2-4,7-14,19,27,30H,5-6,15-18,20H2,1H3;1H. The van der Waals surface area contributed by atoms with Crippen molar-refractivity contribution in [2.75, 3.05) is 33.4 Å². The van der Waals surface area contributed by atoms with Gasteiger partial charge in [0.25, 0.3) is 0 Å². The molecule has 0 saturated carbocycles. The second-order valence-electron chi connectivity index (χ2n) is 8.97. The Labute approximate surface area is 212 Å². The number of thioether (sulfide) groups is 1. The van der Waals surface area contributed by atoms with Crippen LogP contribution in [0.2, 0.25) is 0 Å². The van der Waals surface area contributed by atoms with Crippen LogP contribution in [0, 0.1) is 0 Å².